The fraction of sp³-hybridized carbons (Fsp3) is 0.800. The molecule has 0 aromatic carbocycles. The summed E-state index contributed by atoms with van der Waals surface area (Å²) >= 11 is 4.83. The summed E-state index contributed by atoms with van der Waals surface area (Å²) in [5.74, 6) is 0. The Balaban J connectivity index is 4.35. The van der Waals surface area contributed by atoms with Crippen molar-refractivity contribution in [1.29, 1.82) is 0 Å². The van der Waals surface area contributed by atoms with Crippen molar-refractivity contribution in [2.75, 3.05) is 20.1 Å². The fourth-order valence-corrected chi connectivity index (χ4v) is 1.58. The smallest absolute Gasteiger partial charge is 0.319 e. The quantitative estimate of drug-likeness (QED) is 0.729. The number of rotatable bonds is 5. The lowest BCUT2D eigenvalue weighted by Gasteiger charge is -2.30. The van der Waals surface area contributed by atoms with Gasteiger partial charge in [-0.15, -0.1) is 0 Å². The van der Waals surface area contributed by atoms with Crippen molar-refractivity contribution in [3.8, 4) is 0 Å². The molecule has 0 rings (SSSR count). The molecule has 15 heavy (non-hydrogen) atoms. The van der Waals surface area contributed by atoms with Crippen molar-refractivity contribution in [3.05, 3.63) is 0 Å². The number of amides is 2. The van der Waals surface area contributed by atoms with Crippen molar-refractivity contribution in [2.45, 2.75) is 33.2 Å². The van der Waals surface area contributed by atoms with E-state index in [1.165, 1.54) is 0 Å². The summed E-state index contributed by atoms with van der Waals surface area (Å²) in [7, 11) is 1.78. The lowest BCUT2D eigenvalue weighted by molar-refractivity contribution is 0.155. The van der Waals surface area contributed by atoms with E-state index in [4.69, 9.17) is 18.0 Å². The number of carbonyl (C=O) groups is 1. The number of nitrogens with two attached hydrogens (primary N) is 1. The average Bonchev–Trinajstić information content (AvgIpc) is 2.17. The Morgan fingerprint density at radius 1 is 1.40 bits per heavy atom. The highest BCUT2D eigenvalue weighted by Crippen LogP contribution is 2.05. The molecule has 0 aliphatic rings. The van der Waals surface area contributed by atoms with Crippen molar-refractivity contribution < 1.29 is 4.79 Å². The molecular weight excluding hydrogens is 210 g/mol. The van der Waals surface area contributed by atoms with Crippen molar-refractivity contribution >= 4 is 23.2 Å². The second-order valence-corrected chi connectivity index (χ2v) is 4.11. The Bertz CT molecular complexity index is 229. The van der Waals surface area contributed by atoms with E-state index in [0.717, 1.165) is 13.1 Å². The molecule has 1 unspecified atom stereocenters. The van der Waals surface area contributed by atoms with Gasteiger partial charge in [-0.1, -0.05) is 12.2 Å². The standard InChI is InChI=1S/C10H21N3OS/c1-5-13(6-2)10(14)12(4)8(3)7-9(11)15/h8H,5-7H2,1-4H3,(H2,11,15). The fourth-order valence-electron chi connectivity index (χ4n) is 1.33. The van der Waals surface area contributed by atoms with E-state index in [2.05, 4.69) is 0 Å². The highest BCUT2D eigenvalue weighted by atomic mass is 32.1. The van der Waals surface area contributed by atoms with E-state index in [9.17, 15) is 4.79 Å². The van der Waals surface area contributed by atoms with E-state index in [1.54, 1.807) is 16.8 Å². The van der Waals surface area contributed by atoms with Gasteiger partial charge in [0, 0.05) is 32.6 Å². The molecule has 0 heterocycles. The number of carbonyl (C=O) groups excluding carboxylic acids is 1. The minimum absolute atomic E-state index is 0.0313. The van der Waals surface area contributed by atoms with Crippen molar-refractivity contribution in [2.24, 2.45) is 5.73 Å². The second kappa shape index (κ2) is 6.61. The minimum atomic E-state index is 0.0313. The van der Waals surface area contributed by atoms with Gasteiger partial charge in [0.05, 0.1) is 4.99 Å². The first-order valence-corrected chi connectivity index (χ1v) is 5.64. The zero-order valence-electron chi connectivity index (χ0n) is 9.99. The highest BCUT2D eigenvalue weighted by molar-refractivity contribution is 7.80. The predicted molar refractivity (Wildman–Crippen MR) is 66.9 cm³/mol. The number of hydrogen-bond acceptors (Lipinski definition) is 2. The molecule has 0 aliphatic heterocycles. The topological polar surface area (TPSA) is 49.6 Å². The first kappa shape index (κ1) is 14.2. The maximum absolute atomic E-state index is 11.9. The Labute approximate surface area is 97.4 Å². The van der Waals surface area contributed by atoms with Crippen LogP contribution in [-0.4, -0.2) is 47.0 Å². The van der Waals surface area contributed by atoms with Crippen LogP contribution in [-0.2, 0) is 0 Å². The van der Waals surface area contributed by atoms with E-state index in [1.807, 2.05) is 20.8 Å². The van der Waals surface area contributed by atoms with Gasteiger partial charge in [-0.3, -0.25) is 0 Å². The number of nitrogens with zero attached hydrogens (tertiary/aromatic N) is 2. The van der Waals surface area contributed by atoms with Crippen LogP contribution in [0.1, 0.15) is 27.2 Å². The third kappa shape index (κ3) is 4.46. The third-order valence-corrected chi connectivity index (χ3v) is 2.66. The van der Waals surface area contributed by atoms with Crippen LogP contribution in [0, 0.1) is 0 Å². The van der Waals surface area contributed by atoms with Gasteiger partial charge in [-0.2, -0.15) is 0 Å². The van der Waals surface area contributed by atoms with E-state index in [0.29, 0.717) is 11.4 Å². The van der Waals surface area contributed by atoms with Crippen molar-refractivity contribution in [1.82, 2.24) is 9.80 Å². The number of hydrogen-bond donors (Lipinski definition) is 1. The van der Waals surface area contributed by atoms with E-state index in [-0.39, 0.29) is 12.1 Å². The Morgan fingerprint density at radius 2 is 1.87 bits per heavy atom. The van der Waals surface area contributed by atoms with Gasteiger partial charge >= 0.3 is 6.03 Å². The van der Waals surface area contributed by atoms with Gasteiger partial charge in [0.2, 0.25) is 0 Å². The van der Waals surface area contributed by atoms with Crippen LogP contribution in [0.2, 0.25) is 0 Å². The molecule has 2 N–H and O–H groups in total. The van der Waals surface area contributed by atoms with Gasteiger partial charge in [-0.05, 0) is 20.8 Å². The summed E-state index contributed by atoms with van der Waals surface area (Å²) in [5.41, 5.74) is 5.45. The molecule has 0 aromatic heterocycles. The molecule has 0 spiro atoms. The summed E-state index contributed by atoms with van der Waals surface area (Å²) in [6.45, 7) is 7.32. The summed E-state index contributed by atoms with van der Waals surface area (Å²) in [5, 5.41) is 0. The van der Waals surface area contributed by atoms with Crippen LogP contribution in [0.5, 0.6) is 0 Å². The maximum Gasteiger partial charge on any atom is 0.319 e. The first-order valence-electron chi connectivity index (χ1n) is 5.24. The molecule has 0 saturated heterocycles. The molecule has 1 atom stereocenters. The molecule has 88 valence electrons. The highest BCUT2D eigenvalue weighted by Gasteiger charge is 2.19. The third-order valence-electron chi connectivity index (χ3n) is 2.49. The van der Waals surface area contributed by atoms with Gasteiger partial charge < -0.3 is 15.5 Å². The molecule has 0 fully saturated rings. The number of urea groups is 1. The first-order chi connectivity index (χ1) is 6.93. The van der Waals surface area contributed by atoms with Crippen LogP contribution < -0.4 is 5.73 Å². The minimum Gasteiger partial charge on any atom is -0.393 e. The normalized spacial score (nSPS) is 12.0. The molecule has 4 nitrogen and oxygen atoms in total. The lowest BCUT2D eigenvalue weighted by Crippen LogP contribution is -2.45. The molecular formula is C10H21N3OS. The maximum atomic E-state index is 11.9. The van der Waals surface area contributed by atoms with Gasteiger partial charge in [0.15, 0.2) is 0 Å². The zero-order valence-corrected chi connectivity index (χ0v) is 10.8. The summed E-state index contributed by atoms with van der Waals surface area (Å²) < 4.78 is 0. The molecule has 2 amide bonds. The van der Waals surface area contributed by atoms with E-state index >= 15 is 0 Å². The predicted octanol–water partition coefficient (Wildman–Crippen LogP) is 1.44. The number of thiocarbonyl (C=S) groups is 1. The van der Waals surface area contributed by atoms with Crippen LogP contribution in [0.3, 0.4) is 0 Å². The molecule has 5 heteroatoms. The Morgan fingerprint density at radius 3 is 2.20 bits per heavy atom. The zero-order chi connectivity index (χ0) is 12.0. The molecule has 0 aliphatic carbocycles. The van der Waals surface area contributed by atoms with Gasteiger partial charge in [0.1, 0.15) is 0 Å². The van der Waals surface area contributed by atoms with Crippen molar-refractivity contribution in [3.63, 3.8) is 0 Å². The summed E-state index contributed by atoms with van der Waals surface area (Å²) in [4.78, 5) is 15.8. The molecule has 0 saturated carbocycles. The summed E-state index contributed by atoms with van der Waals surface area (Å²) in [6, 6.07) is 0.0827. The molecule has 0 bridgehead atoms. The SMILES string of the molecule is CCN(CC)C(=O)N(C)C(C)CC(N)=S. The van der Waals surface area contributed by atoms with Crippen LogP contribution in [0.4, 0.5) is 4.79 Å². The molecule has 0 aromatic rings. The second-order valence-electron chi connectivity index (χ2n) is 3.59. The Kier molecular flexibility index (Phi) is 6.24. The van der Waals surface area contributed by atoms with Gasteiger partial charge in [-0.25, -0.2) is 4.79 Å². The molecule has 0 radical (unpaired) electrons. The van der Waals surface area contributed by atoms with Crippen LogP contribution in [0.15, 0.2) is 0 Å². The van der Waals surface area contributed by atoms with E-state index < -0.39 is 0 Å². The summed E-state index contributed by atoms with van der Waals surface area (Å²) in [6.07, 6.45) is 0.568. The largest absolute Gasteiger partial charge is 0.393 e. The average molecular weight is 231 g/mol. The Hall–Kier alpha value is -0.840. The lowest BCUT2D eigenvalue weighted by atomic mass is 10.2. The van der Waals surface area contributed by atoms with Crippen LogP contribution in [0.25, 0.3) is 0 Å². The van der Waals surface area contributed by atoms with Gasteiger partial charge in [0.25, 0.3) is 0 Å². The van der Waals surface area contributed by atoms with Crippen LogP contribution >= 0.6 is 12.2 Å². The monoisotopic (exact) mass is 231 g/mol.